The Bertz CT molecular complexity index is 1220. The van der Waals surface area contributed by atoms with Crippen LogP contribution in [0.4, 0.5) is 4.39 Å². The first-order valence-corrected chi connectivity index (χ1v) is 13.9. The monoisotopic (exact) mass is 529 g/mol. The average Bonchev–Trinajstić information content (AvgIpc) is 3.07. The lowest BCUT2D eigenvalue weighted by Gasteiger charge is -2.15. The van der Waals surface area contributed by atoms with Crippen LogP contribution in [-0.4, -0.2) is 46.2 Å². The fourth-order valence-corrected chi connectivity index (χ4v) is 5.27. The smallest absolute Gasteiger partial charge is 0.329 e. The van der Waals surface area contributed by atoms with Crippen LogP contribution in [0.1, 0.15) is 43.9 Å². The Morgan fingerprint density at radius 1 is 1.17 bits per heavy atom. The third kappa shape index (κ3) is 6.87. The van der Waals surface area contributed by atoms with Crippen LogP contribution in [0.5, 0.6) is 0 Å². The van der Waals surface area contributed by atoms with E-state index >= 15 is 0 Å². The second-order valence-electron chi connectivity index (χ2n) is 8.24. The van der Waals surface area contributed by atoms with Gasteiger partial charge in [0.05, 0.1) is 6.61 Å². The van der Waals surface area contributed by atoms with Crippen molar-refractivity contribution in [2.24, 2.45) is 0 Å². The van der Waals surface area contributed by atoms with Crippen LogP contribution in [0.25, 0.3) is 17.2 Å². The summed E-state index contributed by atoms with van der Waals surface area (Å²) in [4.78, 5) is 37.2. The Labute approximate surface area is 217 Å². The van der Waals surface area contributed by atoms with E-state index in [0.717, 1.165) is 38.9 Å². The summed E-state index contributed by atoms with van der Waals surface area (Å²) in [6.07, 6.45) is 3.62. The molecule has 2 aromatic rings. The first-order valence-electron chi connectivity index (χ1n) is 11.4. The molecule has 0 spiro atoms. The van der Waals surface area contributed by atoms with E-state index < -0.39 is 34.9 Å². The summed E-state index contributed by atoms with van der Waals surface area (Å²) in [6.45, 7) is 5.01. The van der Waals surface area contributed by atoms with E-state index in [4.69, 9.17) is 4.74 Å². The van der Waals surface area contributed by atoms with Crippen molar-refractivity contribution in [2.75, 3.05) is 18.6 Å². The lowest BCUT2D eigenvalue weighted by molar-refractivity contribution is -0.146. The molecule has 0 fully saturated rings. The topological polar surface area (TPSA) is 95.5 Å². The molecule has 36 heavy (non-hydrogen) atoms. The highest BCUT2D eigenvalue weighted by molar-refractivity contribution is 8.13. The first kappa shape index (κ1) is 27.7. The molecule has 1 amide bonds. The summed E-state index contributed by atoms with van der Waals surface area (Å²) in [6, 6.07) is 10.9. The quantitative estimate of drug-likeness (QED) is 0.377. The molecule has 1 N–H and O–H groups in total. The number of hydrogen-bond donors (Lipinski definition) is 1. The van der Waals surface area contributed by atoms with Crippen molar-refractivity contribution in [1.29, 1.82) is 0 Å². The molecular weight excluding hydrogens is 501 g/mol. The number of ether oxygens (including phenoxy) is 1. The zero-order chi connectivity index (χ0) is 26.4. The van der Waals surface area contributed by atoms with E-state index in [1.807, 2.05) is 25.1 Å². The summed E-state index contributed by atoms with van der Waals surface area (Å²) in [5.41, 5.74) is 4.83. The Hall–Kier alpha value is -2.88. The number of allylic oxidation sites excluding steroid dienone is 3. The molecular formula is C27H28FNO5S2. The largest absolute Gasteiger partial charge is 0.612 e. The van der Waals surface area contributed by atoms with Crippen molar-refractivity contribution >= 4 is 57.2 Å². The molecule has 0 heterocycles. The van der Waals surface area contributed by atoms with Gasteiger partial charge in [0.2, 0.25) is 5.91 Å². The summed E-state index contributed by atoms with van der Waals surface area (Å²) in [5, 5.41) is 2.30. The molecule has 1 unspecified atom stereocenters. The second kappa shape index (κ2) is 12.4. The zero-order valence-electron chi connectivity index (χ0n) is 20.6. The number of nitrogens with one attached hydrogen (secondary N) is 1. The normalized spacial score (nSPS) is 15.4. The standard InChI is InChI=1S/C27H28FNO5S2/c1-5-34-27(32)25(29-17(3)30)15-35-26(31)14-23-16(2)22(21-11-8-19(28)13-24(21)23)12-18-6-9-20(10-7-18)36(4)33/h6-13,25H,5,14-15H2,1-4H3,(H,29,30)/b22-12-/t25-,36?/m1/s1. The van der Waals surface area contributed by atoms with Crippen LogP contribution in [0.2, 0.25) is 0 Å². The van der Waals surface area contributed by atoms with Gasteiger partial charge in [-0.15, -0.1) is 0 Å². The molecule has 0 saturated carbocycles. The fraction of sp³-hybridized carbons (Fsp3) is 0.296. The van der Waals surface area contributed by atoms with Crippen molar-refractivity contribution in [3.8, 4) is 0 Å². The molecule has 6 nitrogen and oxygen atoms in total. The molecule has 1 aliphatic rings. The SMILES string of the molecule is CCOC(=O)[C@@H](CSC(=O)CC1=C(C)/C(=C/c2ccc([S+](C)[O-])cc2)c2ccc(F)cc21)NC(C)=O. The van der Waals surface area contributed by atoms with Gasteiger partial charge in [-0.1, -0.05) is 17.8 Å². The molecule has 0 radical (unpaired) electrons. The van der Waals surface area contributed by atoms with Crippen molar-refractivity contribution in [3.05, 3.63) is 70.5 Å². The van der Waals surface area contributed by atoms with Gasteiger partial charge >= 0.3 is 5.97 Å². The van der Waals surface area contributed by atoms with Crippen LogP contribution in [0.15, 0.2) is 52.9 Å². The first-order chi connectivity index (χ1) is 17.1. The Morgan fingerprint density at radius 3 is 2.47 bits per heavy atom. The number of fused-ring (bicyclic) bond motifs is 1. The number of benzene rings is 2. The number of esters is 1. The van der Waals surface area contributed by atoms with Gasteiger partial charge in [0.1, 0.15) is 18.1 Å². The highest BCUT2D eigenvalue weighted by Gasteiger charge is 2.27. The van der Waals surface area contributed by atoms with E-state index in [2.05, 4.69) is 5.32 Å². The van der Waals surface area contributed by atoms with Gasteiger partial charge < -0.3 is 14.6 Å². The summed E-state index contributed by atoms with van der Waals surface area (Å²) in [5.74, 6) is -1.36. The van der Waals surface area contributed by atoms with Crippen molar-refractivity contribution < 1.29 is 28.1 Å². The van der Waals surface area contributed by atoms with E-state index in [-0.39, 0.29) is 23.9 Å². The number of carbonyl (C=O) groups is 3. The maximum atomic E-state index is 14.2. The number of halogens is 1. The molecule has 1 aliphatic carbocycles. The maximum Gasteiger partial charge on any atom is 0.329 e. The summed E-state index contributed by atoms with van der Waals surface area (Å²) in [7, 11) is 0. The lowest BCUT2D eigenvalue weighted by atomic mass is 10.0. The molecule has 0 saturated heterocycles. The third-order valence-corrected chi connectivity index (χ3v) is 7.56. The second-order valence-corrected chi connectivity index (χ2v) is 10.7. The van der Waals surface area contributed by atoms with Gasteiger partial charge in [0, 0.05) is 19.1 Å². The number of hydrogen-bond acceptors (Lipinski definition) is 6. The minimum Gasteiger partial charge on any atom is -0.612 e. The highest BCUT2D eigenvalue weighted by atomic mass is 32.2. The van der Waals surface area contributed by atoms with Gasteiger partial charge in [0.15, 0.2) is 10.0 Å². The van der Waals surface area contributed by atoms with Gasteiger partial charge in [-0.3, -0.25) is 9.59 Å². The third-order valence-electron chi connectivity index (χ3n) is 5.66. The molecule has 9 heteroatoms. The van der Waals surface area contributed by atoms with Crippen LogP contribution >= 0.6 is 11.8 Å². The minimum absolute atomic E-state index is 0.0351. The predicted octanol–water partition coefficient (Wildman–Crippen LogP) is 4.61. The van der Waals surface area contributed by atoms with Crippen molar-refractivity contribution in [2.45, 2.75) is 38.1 Å². The van der Waals surface area contributed by atoms with Crippen molar-refractivity contribution in [3.63, 3.8) is 0 Å². The molecule has 0 aromatic heterocycles. The molecule has 0 bridgehead atoms. The van der Waals surface area contributed by atoms with Gasteiger partial charge in [-0.25, -0.2) is 9.18 Å². The predicted molar refractivity (Wildman–Crippen MR) is 142 cm³/mol. The van der Waals surface area contributed by atoms with E-state index in [1.54, 1.807) is 31.4 Å². The van der Waals surface area contributed by atoms with Crippen LogP contribution in [0, 0.1) is 5.82 Å². The lowest BCUT2D eigenvalue weighted by Crippen LogP contribution is -2.42. The number of amides is 1. The molecule has 0 aliphatic heterocycles. The zero-order valence-corrected chi connectivity index (χ0v) is 22.2. The van der Waals surface area contributed by atoms with Crippen LogP contribution in [0.3, 0.4) is 0 Å². The van der Waals surface area contributed by atoms with E-state index in [9.17, 15) is 23.3 Å². The van der Waals surface area contributed by atoms with Gasteiger partial charge in [-0.05, 0) is 101 Å². The molecule has 2 aromatic carbocycles. The fourth-order valence-electron chi connectivity index (χ4n) is 3.93. The number of thioether (sulfide) groups is 1. The Kier molecular flexibility index (Phi) is 9.53. The molecule has 190 valence electrons. The molecule has 3 rings (SSSR count). The Balaban J connectivity index is 1.84. The van der Waals surface area contributed by atoms with Crippen LogP contribution in [-0.2, 0) is 30.3 Å². The van der Waals surface area contributed by atoms with Crippen molar-refractivity contribution in [1.82, 2.24) is 5.32 Å². The van der Waals surface area contributed by atoms with E-state index in [0.29, 0.717) is 11.1 Å². The van der Waals surface area contributed by atoms with Gasteiger partial charge in [-0.2, -0.15) is 0 Å². The van der Waals surface area contributed by atoms with Gasteiger partial charge in [0.25, 0.3) is 0 Å². The molecule has 2 atom stereocenters. The van der Waals surface area contributed by atoms with Crippen LogP contribution < -0.4 is 5.32 Å². The minimum atomic E-state index is -1.08. The van der Waals surface area contributed by atoms with E-state index in [1.165, 1.54) is 19.1 Å². The highest BCUT2D eigenvalue weighted by Crippen LogP contribution is 2.44. The summed E-state index contributed by atoms with van der Waals surface area (Å²) >= 11 is -0.149. The summed E-state index contributed by atoms with van der Waals surface area (Å²) < 4.78 is 30.8. The Morgan fingerprint density at radius 2 is 1.86 bits per heavy atom. The number of rotatable bonds is 9. The maximum absolute atomic E-state index is 14.2. The number of carbonyl (C=O) groups excluding carboxylic acids is 3. The average molecular weight is 530 g/mol.